The van der Waals surface area contributed by atoms with Crippen molar-refractivity contribution in [1.29, 1.82) is 0 Å². The summed E-state index contributed by atoms with van der Waals surface area (Å²) in [5.41, 5.74) is 0.908. The number of rotatable bonds is 5. The number of hydrogen-bond acceptors (Lipinski definition) is 5. The Hall–Kier alpha value is -1.84. The highest BCUT2D eigenvalue weighted by atomic mass is 32.2. The van der Waals surface area contributed by atoms with E-state index in [0.717, 1.165) is 5.56 Å². The van der Waals surface area contributed by atoms with Crippen LogP contribution in [0.1, 0.15) is 18.4 Å². The van der Waals surface area contributed by atoms with Gasteiger partial charge in [-0.25, -0.2) is 0 Å². The average Bonchev–Trinajstić information content (AvgIpc) is 3.07. The zero-order valence-corrected chi connectivity index (χ0v) is 15.2. The smallest absolute Gasteiger partial charge is 0.281 e. The minimum absolute atomic E-state index is 0.128. The Balaban J connectivity index is 1.58. The number of nitrogens with one attached hydrogen (secondary N) is 1. The molecular weight excluding hydrogens is 346 g/mol. The van der Waals surface area contributed by atoms with Gasteiger partial charge in [-0.05, 0) is 30.5 Å². The van der Waals surface area contributed by atoms with Crippen LogP contribution < -0.4 is 14.8 Å². The van der Waals surface area contributed by atoms with E-state index in [1.54, 1.807) is 0 Å². The fourth-order valence-corrected chi connectivity index (χ4v) is 4.17. The topological polar surface area (TPSA) is 88.2 Å². The van der Waals surface area contributed by atoms with E-state index >= 15 is 0 Å². The van der Waals surface area contributed by atoms with Crippen molar-refractivity contribution in [3.63, 3.8) is 0 Å². The molecule has 0 aliphatic carbocycles. The highest BCUT2D eigenvalue weighted by molar-refractivity contribution is 7.86. The van der Waals surface area contributed by atoms with E-state index in [-0.39, 0.29) is 25.2 Å². The Bertz CT molecular complexity index is 750. The summed E-state index contributed by atoms with van der Waals surface area (Å²) >= 11 is 0. The van der Waals surface area contributed by atoms with E-state index in [4.69, 9.17) is 9.47 Å². The number of benzene rings is 1. The second-order valence-electron chi connectivity index (χ2n) is 6.39. The van der Waals surface area contributed by atoms with Crippen LogP contribution >= 0.6 is 0 Å². The van der Waals surface area contributed by atoms with Crippen molar-refractivity contribution in [2.24, 2.45) is 5.92 Å². The second kappa shape index (κ2) is 7.19. The lowest BCUT2D eigenvalue weighted by Crippen LogP contribution is -2.48. The number of fused-ring (bicyclic) bond motifs is 1. The summed E-state index contributed by atoms with van der Waals surface area (Å²) in [6.07, 6.45) is 1.36. The summed E-state index contributed by atoms with van der Waals surface area (Å²) in [5, 5.41) is 2.89. The predicted molar refractivity (Wildman–Crippen MR) is 91.3 cm³/mol. The number of amides is 1. The molecule has 2 aliphatic heterocycles. The standard InChI is InChI=1S/C16H23N3O5S/c1-18(2)25(21,22)19-7-3-4-13(10-19)16(20)17-9-12-5-6-14-15(8-12)24-11-23-14/h5-6,8,13H,3-4,7,9-11H2,1-2H3,(H,17,20)/t13-/m0/s1. The van der Waals surface area contributed by atoms with Crippen molar-refractivity contribution in [2.45, 2.75) is 19.4 Å². The van der Waals surface area contributed by atoms with E-state index in [1.807, 2.05) is 18.2 Å². The van der Waals surface area contributed by atoms with E-state index < -0.39 is 10.2 Å². The van der Waals surface area contributed by atoms with Gasteiger partial charge in [0.2, 0.25) is 12.7 Å². The molecule has 2 heterocycles. The first-order valence-corrected chi connectivity index (χ1v) is 9.61. The van der Waals surface area contributed by atoms with Crippen molar-refractivity contribution in [3.8, 4) is 11.5 Å². The van der Waals surface area contributed by atoms with Crippen LogP contribution in [0, 0.1) is 5.92 Å². The first kappa shape index (κ1) is 18.0. The van der Waals surface area contributed by atoms with E-state index in [1.165, 1.54) is 22.7 Å². The van der Waals surface area contributed by atoms with Crippen molar-refractivity contribution in [3.05, 3.63) is 23.8 Å². The quantitative estimate of drug-likeness (QED) is 0.819. The normalized spacial score (nSPS) is 20.7. The van der Waals surface area contributed by atoms with Crippen LogP contribution in [-0.2, 0) is 21.5 Å². The van der Waals surface area contributed by atoms with Crippen LogP contribution in [0.4, 0.5) is 0 Å². The molecule has 1 N–H and O–H groups in total. The molecule has 1 aromatic carbocycles. The van der Waals surface area contributed by atoms with E-state index in [0.29, 0.717) is 37.4 Å². The summed E-state index contributed by atoms with van der Waals surface area (Å²) in [5.74, 6) is 0.911. The fourth-order valence-electron chi connectivity index (χ4n) is 2.98. The lowest BCUT2D eigenvalue weighted by atomic mass is 9.99. The summed E-state index contributed by atoms with van der Waals surface area (Å²) in [7, 11) is -0.487. The van der Waals surface area contributed by atoms with Crippen LogP contribution in [0.15, 0.2) is 18.2 Å². The first-order valence-electron chi connectivity index (χ1n) is 8.22. The Kier molecular flexibility index (Phi) is 5.16. The van der Waals surface area contributed by atoms with Gasteiger partial charge in [-0.15, -0.1) is 0 Å². The predicted octanol–water partition coefficient (Wildman–Crippen LogP) is 0.550. The maximum Gasteiger partial charge on any atom is 0.281 e. The lowest BCUT2D eigenvalue weighted by molar-refractivity contribution is -0.126. The van der Waals surface area contributed by atoms with Gasteiger partial charge in [0.25, 0.3) is 10.2 Å². The number of nitrogens with zero attached hydrogens (tertiary/aromatic N) is 2. The Labute approximate surface area is 147 Å². The monoisotopic (exact) mass is 369 g/mol. The number of piperidine rings is 1. The highest BCUT2D eigenvalue weighted by Crippen LogP contribution is 2.32. The minimum Gasteiger partial charge on any atom is -0.454 e. The SMILES string of the molecule is CN(C)S(=O)(=O)N1CCC[C@H](C(=O)NCc2ccc3c(c2)OCO3)C1. The first-order chi connectivity index (χ1) is 11.9. The molecule has 0 saturated carbocycles. The summed E-state index contributed by atoms with van der Waals surface area (Å²) < 4.78 is 37.6. The molecule has 2 aliphatic rings. The van der Waals surface area contributed by atoms with Crippen LogP contribution in [0.5, 0.6) is 11.5 Å². The highest BCUT2D eigenvalue weighted by Gasteiger charge is 2.33. The molecule has 1 atom stereocenters. The maximum atomic E-state index is 12.4. The molecule has 1 aromatic rings. The number of carbonyl (C=O) groups is 1. The summed E-state index contributed by atoms with van der Waals surface area (Å²) in [6, 6.07) is 5.53. The molecule has 1 amide bonds. The number of ether oxygens (including phenoxy) is 2. The molecule has 9 heteroatoms. The third kappa shape index (κ3) is 3.88. The number of hydrogen-bond donors (Lipinski definition) is 1. The van der Waals surface area contributed by atoms with Gasteiger partial charge in [-0.2, -0.15) is 17.0 Å². The van der Waals surface area contributed by atoms with E-state index in [9.17, 15) is 13.2 Å². The van der Waals surface area contributed by atoms with Crippen molar-refractivity contribution in [2.75, 3.05) is 34.0 Å². The van der Waals surface area contributed by atoms with Crippen LogP contribution in [0.3, 0.4) is 0 Å². The molecule has 0 aromatic heterocycles. The summed E-state index contributed by atoms with van der Waals surface area (Å²) in [6.45, 7) is 1.25. The molecule has 1 fully saturated rings. The van der Waals surface area contributed by atoms with Gasteiger partial charge in [0.15, 0.2) is 11.5 Å². The Morgan fingerprint density at radius 2 is 2.08 bits per heavy atom. The average molecular weight is 369 g/mol. The van der Waals surface area contributed by atoms with Crippen LogP contribution in [0.2, 0.25) is 0 Å². The second-order valence-corrected chi connectivity index (χ2v) is 8.54. The van der Waals surface area contributed by atoms with Crippen molar-refractivity contribution < 1.29 is 22.7 Å². The third-order valence-corrected chi connectivity index (χ3v) is 6.35. The van der Waals surface area contributed by atoms with Gasteiger partial charge in [-0.1, -0.05) is 6.07 Å². The van der Waals surface area contributed by atoms with Gasteiger partial charge in [-0.3, -0.25) is 4.79 Å². The third-order valence-electron chi connectivity index (χ3n) is 4.45. The molecule has 3 rings (SSSR count). The zero-order valence-electron chi connectivity index (χ0n) is 14.4. The Morgan fingerprint density at radius 1 is 1.32 bits per heavy atom. The van der Waals surface area contributed by atoms with Crippen LogP contribution in [-0.4, -0.2) is 56.9 Å². The molecule has 25 heavy (non-hydrogen) atoms. The molecular formula is C16H23N3O5S. The van der Waals surface area contributed by atoms with Crippen LogP contribution in [0.25, 0.3) is 0 Å². The molecule has 8 nitrogen and oxygen atoms in total. The van der Waals surface area contributed by atoms with Gasteiger partial charge in [0.05, 0.1) is 5.92 Å². The molecule has 138 valence electrons. The van der Waals surface area contributed by atoms with Gasteiger partial charge < -0.3 is 14.8 Å². The summed E-state index contributed by atoms with van der Waals surface area (Å²) in [4.78, 5) is 12.4. The minimum atomic E-state index is -3.48. The molecule has 0 unspecified atom stereocenters. The van der Waals surface area contributed by atoms with E-state index in [2.05, 4.69) is 5.32 Å². The maximum absolute atomic E-state index is 12.4. The van der Waals surface area contributed by atoms with Crippen molar-refractivity contribution in [1.82, 2.24) is 13.9 Å². The zero-order chi connectivity index (χ0) is 18.0. The fraction of sp³-hybridized carbons (Fsp3) is 0.562. The molecule has 0 spiro atoms. The number of carbonyl (C=O) groups excluding carboxylic acids is 1. The van der Waals surface area contributed by atoms with Gasteiger partial charge in [0, 0.05) is 33.7 Å². The lowest BCUT2D eigenvalue weighted by Gasteiger charge is -2.32. The molecule has 0 bridgehead atoms. The Morgan fingerprint density at radius 3 is 2.84 bits per heavy atom. The largest absolute Gasteiger partial charge is 0.454 e. The van der Waals surface area contributed by atoms with Crippen molar-refractivity contribution >= 4 is 16.1 Å². The molecule has 0 radical (unpaired) electrons. The van der Waals surface area contributed by atoms with Gasteiger partial charge >= 0.3 is 0 Å². The van der Waals surface area contributed by atoms with Gasteiger partial charge in [0.1, 0.15) is 0 Å². The molecule has 1 saturated heterocycles.